The quantitative estimate of drug-likeness (QED) is 0.339. The van der Waals surface area contributed by atoms with Crippen LogP contribution in [0.1, 0.15) is 5.56 Å². The van der Waals surface area contributed by atoms with Crippen molar-refractivity contribution in [2.24, 2.45) is 0 Å². The molecule has 0 fully saturated rings. The standard InChI is InChI=1S/C27H25FN4O2/c1-31(2)20-7-5-6-17(12-20)15-32-16-22-26(18-8-10-19(28)11-9-18)29-30-27(22)21-13-24(33-3)25(34-4)14-23(21)32/h5-14,16H,15H2,1-4H3. The van der Waals surface area contributed by atoms with E-state index in [2.05, 4.69) is 50.1 Å². The van der Waals surface area contributed by atoms with Crippen molar-refractivity contribution in [3.05, 3.63) is 78.2 Å². The van der Waals surface area contributed by atoms with Crippen LogP contribution in [0, 0.1) is 5.82 Å². The lowest BCUT2D eigenvalue weighted by Crippen LogP contribution is -2.10. The number of halogens is 1. The number of pyridine rings is 1. The number of hydrogen-bond donors (Lipinski definition) is 0. The topological polar surface area (TPSA) is 52.4 Å². The molecule has 34 heavy (non-hydrogen) atoms. The first-order valence-corrected chi connectivity index (χ1v) is 10.9. The van der Waals surface area contributed by atoms with E-state index < -0.39 is 0 Å². The number of rotatable bonds is 6. The van der Waals surface area contributed by atoms with Crippen LogP contribution in [0.5, 0.6) is 11.5 Å². The van der Waals surface area contributed by atoms with Crippen molar-refractivity contribution in [1.82, 2.24) is 14.8 Å². The van der Waals surface area contributed by atoms with Crippen LogP contribution in [-0.4, -0.2) is 43.1 Å². The van der Waals surface area contributed by atoms with Crippen molar-refractivity contribution in [2.45, 2.75) is 6.54 Å². The predicted octanol–water partition coefficient (Wildman–Crippen LogP) is 5.47. The maximum Gasteiger partial charge on any atom is 0.162 e. The van der Waals surface area contributed by atoms with Gasteiger partial charge in [0.1, 0.15) is 17.2 Å². The van der Waals surface area contributed by atoms with Gasteiger partial charge in [0.05, 0.1) is 19.7 Å². The molecule has 0 aromatic heterocycles. The van der Waals surface area contributed by atoms with E-state index in [4.69, 9.17) is 9.47 Å². The monoisotopic (exact) mass is 456 g/mol. The maximum absolute atomic E-state index is 13.5. The number of benzene rings is 3. The Kier molecular flexibility index (Phi) is 5.53. The van der Waals surface area contributed by atoms with Crippen molar-refractivity contribution in [2.75, 3.05) is 33.2 Å². The molecule has 2 aliphatic rings. The second-order valence-electron chi connectivity index (χ2n) is 8.36. The van der Waals surface area contributed by atoms with Crippen molar-refractivity contribution in [3.8, 4) is 34.0 Å². The molecular formula is C27H25FN4O2. The summed E-state index contributed by atoms with van der Waals surface area (Å²) in [6.45, 7) is 0.637. The fraction of sp³-hybridized carbons (Fsp3) is 0.185. The van der Waals surface area contributed by atoms with Gasteiger partial charge in [0.2, 0.25) is 0 Å². The van der Waals surface area contributed by atoms with Crippen molar-refractivity contribution in [1.29, 1.82) is 0 Å². The van der Waals surface area contributed by atoms with E-state index >= 15 is 0 Å². The minimum absolute atomic E-state index is 0.286. The molecule has 172 valence electrons. The van der Waals surface area contributed by atoms with Gasteiger partial charge in [-0.3, -0.25) is 0 Å². The molecule has 0 spiro atoms. The van der Waals surface area contributed by atoms with Crippen LogP contribution in [0.2, 0.25) is 0 Å². The highest BCUT2D eigenvalue weighted by molar-refractivity contribution is 5.99. The van der Waals surface area contributed by atoms with Crippen molar-refractivity contribution >= 4 is 16.6 Å². The van der Waals surface area contributed by atoms with Crippen LogP contribution < -0.4 is 14.4 Å². The SMILES string of the molecule is COc1cc2c3nnc(-c4ccc(F)cc4)c-3cn(Cc3cccc(N(C)C)c3)c2cc1OC. The Balaban J connectivity index is 1.75. The molecule has 2 heterocycles. The number of ether oxygens (including phenoxy) is 2. The Bertz CT molecular complexity index is 1440. The third-order valence-corrected chi connectivity index (χ3v) is 6.01. The second kappa shape index (κ2) is 8.67. The van der Waals surface area contributed by atoms with Crippen molar-refractivity contribution < 1.29 is 13.9 Å². The van der Waals surface area contributed by atoms with Gasteiger partial charge in [0.25, 0.3) is 0 Å². The molecular weight excluding hydrogens is 431 g/mol. The Labute approximate surface area is 197 Å². The average Bonchev–Trinajstić information content (AvgIpc) is 3.27. The molecule has 0 radical (unpaired) electrons. The largest absolute Gasteiger partial charge is 0.493 e. The van der Waals surface area contributed by atoms with Gasteiger partial charge < -0.3 is 18.9 Å². The summed E-state index contributed by atoms with van der Waals surface area (Å²) in [5, 5.41) is 9.87. The summed E-state index contributed by atoms with van der Waals surface area (Å²) in [5.41, 5.74) is 6.40. The molecule has 3 aromatic rings. The van der Waals surface area contributed by atoms with Crippen LogP contribution >= 0.6 is 0 Å². The predicted molar refractivity (Wildman–Crippen MR) is 133 cm³/mol. The summed E-state index contributed by atoms with van der Waals surface area (Å²) in [5.74, 6) is 0.976. The zero-order valence-electron chi connectivity index (χ0n) is 19.5. The zero-order chi connectivity index (χ0) is 23.8. The van der Waals surface area contributed by atoms with E-state index in [9.17, 15) is 4.39 Å². The summed E-state index contributed by atoms with van der Waals surface area (Å²) in [6.07, 6.45) is 2.06. The van der Waals surface area contributed by atoms with E-state index in [-0.39, 0.29) is 5.82 Å². The van der Waals surface area contributed by atoms with Crippen LogP contribution in [0.3, 0.4) is 0 Å². The molecule has 0 N–H and O–H groups in total. The molecule has 0 amide bonds. The first kappa shape index (κ1) is 21.7. The Morgan fingerprint density at radius 1 is 0.882 bits per heavy atom. The highest BCUT2D eigenvalue weighted by atomic mass is 19.1. The Morgan fingerprint density at radius 2 is 1.59 bits per heavy atom. The molecule has 2 aliphatic heterocycles. The minimum Gasteiger partial charge on any atom is -0.493 e. The first-order chi connectivity index (χ1) is 16.5. The normalized spacial score (nSPS) is 11.2. The molecule has 0 atom stereocenters. The fourth-order valence-corrected chi connectivity index (χ4v) is 4.24. The van der Waals surface area contributed by atoms with Crippen molar-refractivity contribution in [3.63, 3.8) is 0 Å². The van der Waals surface area contributed by atoms with Gasteiger partial charge in [-0.15, -0.1) is 10.2 Å². The van der Waals surface area contributed by atoms with Gasteiger partial charge in [-0.1, -0.05) is 12.1 Å². The van der Waals surface area contributed by atoms with Gasteiger partial charge in [-0.25, -0.2) is 4.39 Å². The molecule has 0 saturated heterocycles. The van der Waals surface area contributed by atoms with E-state index in [1.165, 1.54) is 12.1 Å². The summed E-state index contributed by atoms with van der Waals surface area (Å²) in [6, 6.07) is 18.7. The van der Waals surface area contributed by atoms with Crippen LogP contribution in [0.4, 0.5) is 10.1 Å². The lowest BCUT2D eigenvalue weighted by atomic mass is 10.0. The summed E-state index contributed by atoms with van der Waals surface area (Å²) in [4.78, 5) is 2.08. The number of nitrogens with zero attached hydrogens (tertiary/aromatic N) is 4. The van der Waals surface area contributed by atoms with Gasteiger partial charge in [0, 0.05) is 55.1 Å². The third-order valence-electron chi connectivity index (χ3n) is 6.01. The second-order valence-corrected chi connectivity index (χ2v) is 8.36. The fourth-order valence-electron chi connectivity index (χ4n) is 4.24. The van der Waals surface area contributed by atoms with E-state index in [1.54, 1.807) is 26.4 Å². The highest BCUT2D eigenvalue weighted by Crippen LogP contribution is 2.41. The molecule has 0 bridgehead atoms. The van der Waals surface area contributed by atoms with E-state index in [1.807, 2.05) is 26.2 Å². The summed E-state index contributed by atoms with van der Waals surface area (Å²) < 4.78 is 26.9. The molecule has 0 saturated carbocycles. The van der Waals surface area contributed by atoms with E-state index in [0.29, 0.717) is 23.7 Å². The summed E-state index contributed by atoms with van der Waals surface area (Å²) >= 11 is 0. The third kappa shape index (κ3) is 3.79. The molecule has 6 nitrogen and oxygen atoms in total. The average molecular weight is 457 g/mol. The molecule has 5 rings (SSSR count). The van der Waals surface area contributed by atoms with Crippen LogP contribution in [0.25, 0.3) is 33.4 Å². The van der Waals surface area contributed by atoms with Gasteiger partial charge >= 0.3 is 0 Å². The van der Waals surface area contributed by atoms with Gasteiger partial charge in [-0.05, 0) is 48.0 Å². The number of aromatic nitrogens is 3. The van der Waals surface area contributed by atoms with Crippen LogP contribution in [-0.2, 0) is 6.54 Å². The zero-order valence-corrected chi connectivity index (χ0v) is 19.5. The van der Waals surface area contributed by atoms with Crippen LogP contribution in [0.15, 0.2) is 66.9 Å². The number of fused-ring (bicyclic) bond motifs is 3. The summed E-state index contributed by atoms with van der Waals surface area (Å²) in [7, 11) is 7.30. The highest BCUT2D eigenvalue weighted by Gasteiger charge is 2.22. The molecule has 7 heteroatoms. The van der Waals surface area contributed by atoms with Gasteiger partial charge in [0.15, 0.2) is 11.5 Å². The number of anilines is 1. The minimum atomic E-state index is -0.286. The molecule has 3 aromatic carbocycles. The van der Waals surface area contributed by atoms with Gasteiger partial charge in [-0.2, -0.15) is 0 Å². The lowest BCUT2D eigenvalue weighted by molar-refractivity contribution is 0.355. The number of methoxy groups -OCH3 is 2. The molecule has 0 unspecified atom stereocenters. The first-order valence-electron chi connectivity index (χ1n) is 10.9. The Morgan fingerprint density at radius 3 is 2.29 bits per heavy atom. The number of hydrogen-bond acceptors (Lipinski definition) is 5. The smallest absolute Gasteiger partial charge is 0.162 e. The maximum atomic E-state index is 13.5. The Hall–Kier alpha value is -4.13. The molecule has 0 aliphatic carbocycles. The van der Waals surface area contributed by atoms with E-state index in [0.717, 1.165) is 39.0 Å². The lowest BCUT2D eigenvalue weighted by Gasteiger charge is -2.19.